The number of urea groups is 1. The van der Waals surface area contributed by atoms with E-state index in [1.54, 1.807) is 6.07 Å². The van der Waals surface area contributed by atoms with Crippen molar-refractivity contribution >= 4 is 23.3 Å². The fraction of sp³-hybridized carbons (Fsp3) is 0.562. The summed E-state index contributed by atoms with van der Waals surface area (Å²) in [5, 5.41) is 3.59. The van der Waals surface area contributed by atoms with Gasteiger partial charge in [-0.1, -0.05) is 45.4 Å². The second kappa shape index (κ2) is 7.53. The van der Waals surface area contributed by atoms with Crippen LogP contribution in [0.25, 0.3) is 0 Å². The van der Waals surface area contributed by atoms with Gasteiger partial charge in [0, 0.05) is 23.8 Å². The molecule has 0 spiro atoms. The van der Waals surface area contributed by atoms with Gasteiger partial charge in [-0.3, -0.25) is 0 Å². The maximum Gasteiger partial charge on any atom is 0.321 e. The summed E-state index contributed by atoms with van der Waals surface area (Å²) in [4.78, 5) is 14.2. The van der Waals surface area contributed by atoms with Crippen LogP contribution < -0.4 is 5.32 Å². The minimum absolute atomic E-state index is 0.0627. The first kappa shape index (κ1) is 16.8. The van der Waals surface area contributed by atoms with E-state index in [9.17, 15) is 4.79 Å². The van der Waals surface area contributed by atoms with E-state index < -0.39 is 0 Å². The molecule has 3 nitrogen and oxygen atoms in total. The molecule has 1 aromatic carbocycles. The molecule has 0 atom stereocenters. The molecule has 1 aromatic rings. The van der Waals surface area contributed by atoms with Gasteiger partial charge >= 0.3 is 6.03 Å². The van der Waals surface area contributed by atoms with Crippen molar-refractivity contribution in [2.45, 2.75) is 34.6 Å². The van der Waals surface area contributed by atoms with Gasteiger partial charge in [0.05, 0.1) is 0 Å². The normalized spacial score (nSPS) is 11.0. The lowest BCUT2D eigenvalue weighted by Crippen LogP contribution is -2.39. The predicted molar refractivity (Wildman–Crippen MR) is 86.5 cm³/mol. The Morgan fingerprint density at radius 3 is 2.20 bits per heavy atom. The summed E-state index contributed by atoms with van der Waals surface area (Å²) in [5.41, 5.74) is 1.74. The maximum absolute atomic E-state index is 12.4. The number of halogens is 1. The highest BCUT2D eigenvalue weighted by molar-refractivity contribution is 6.31. The quantitative estimate of drug-likeness (QED) is 0.832. The average Bonchev–Trinajstić information content (AvgIpc) is 2.32. The highest BCUT2D eigenvalue weighted by Gasteiger charge is 2.16. The number of anilines is 1. The lowest BCUT2D eigenvalue weighted by atomic mass is 10.1. The van der Waals surface area contributed by atoms with Crippen LogP contribution in [-0.4, -0.2) is 24.0 Å². The standard InChI is InChI=1S/C16H25ClN2O/c1-11(2)9-19(10-12(3)4)16(20)18-14-7-6-13(5)15(17)8-14/h6-8,11-12H,9-10H2,1-5H3,(H,18,20). The highest BCUT2D eigenvalue weighted by atomic mass is 35.5. The number of carbonyl (C=O) groups excluding carboxylic acids is 1. The molecule has 112 valence electrons. The zero-order valence-corrected chi connectivity index (χ0v) is 13.8. The van der Waals surface area contributed by atoms with E-state index in [2.05, 4.69) is 33.0 Å². The Balaban J connectivity index is 2.76. The molecule has 0 heterocycles. The Labute approximate surface area is 127 Å². The number of nitrogens with one attached hydrogen (secondary N) is 1. The molecule has 1 rings (SSSR count). The van der Waals surface area contributed by atoms with E-state index >= 15 is 0 Å². The molecule has 1 N–H and O–H groups in total. The molecule has 0 saturated heterocycles. The van der Waals surface area contributed by atoms with Gasteiger partial charge in [-0.25, -0.2) is 4.79 Å². The maximum atomic E-state index is 12.4. The van der Waals surface area contributed by atoms with Crippen molar-refractivity contribution in [3.8, 4) is 0 Å². The Bertz CT molecular complexity index is 448. The number of benzene rings is 1. The molecular weight excluding hydrogens is 272 g/mol. The zero-order valence-electron chi connectivity index (χ0n) is 13.0. The minimum atomic E-state index is -0.0627. The molecule has 4 heteroatoms. The van der Waals surface area contributed by atoms with E-state index in [1.807, 2.05) is 24.0 Å². The van der Waals surface area contributed by atoms with Crippen LogP contribution in [0.4, 0.5) is 10.5 Å². The van der Waals surface area contributed by atoms with E-state index in [0.717, 1.165) is 24.3 Å². The first-order chi connectivity index (χ1) is 9.29. The number of nitrogens with zero attached hydrogens (tertiary/aromatic N) is 1. The molecule has 0 aliphatic heterocycles. The smallest absolute Gasteiger partial charge is 0.321 e. The largest absolute Gasteiger partial charge is 0.324 e. The van der Waals surface area contributed by atoms with Crippen molar-refractivity contribution in [3.05, 3.63) is 28.8 Å². The number of carbonyl (C=O) groups is 1. The third kappa shape index (κ3) is 5.41. The van der Waals surface area contributed by atoms with Crippen LogP contribution in [0.1, 0.15) is 33.3 Å². The predicted octanol–water partition coefficient (Wildman–Crippen LogP) is 4.79. The third-order valence-corrected chi connectivity index (χ3v) is 3.29. The number of rotatable bonds is 5. The lowest BCUT2D eigenvalue weighted by Gasteiger charge is -2.26. The molecule has 20 heavy (non-hydrogen) atoms. The second-order valence-electron chi connectivity index (χ2n) is 6.09. The van der Waals surface area contributed by atoms with Crippen molar-refractivity contribution in [1.29, 1.82) is 0 Å². The fourth-order valence-electron chi connectivity index (χ4n) is 2.00. The summed E-state index contributed by atoms with van der Waals surface area (Å²) in [5.74, 6) is 0.891. The molecule has 0 aliphatic carbocycles. The molecule has 0 bridgehead atoms. The van der Waals surface area contributed by atoms with E-state index in [0.29, 0.717) is 16.9 Å². The van der Waals surface area contributed by atoms with Crippen LogP contribution in [0.5, 0.6) is 0 Å². The van der Waals surface area contributed by atoms with Crippen LogP contribution >= 0.6 is 11.6 Å². The third-order valence-electron chi connectivity index (χ3n) is 2.88. The van der Waals surface area contributed by atoms with Crippen LogP contribution in [0.3, 0.4) is 0 Å². The lowest BCUT2D eigenvalue weighted by molar-refractivity contribution is 0.196. The highest BCUT2D eigenvalue weighted by Crippen LogP contribution is 2.20. The van der Waals surface area contributed by atoms with Crippen molar-refractivity contribution < 1.29 is 4.79 Å². The summed E-state index contributed by atoms with van der Waals surface area (Å²) >= 11 is 6.08. The van der Waals surface area contributed by atoms with Crippen LogP contribution in [-0.2, 0) is 0 Å². The second-order valence-corrected chi connectivity index (χ2v) is 6.49. The summed E-state index contributed by atoms with van der Waals surface area (Å²) in [6.45, 7) is 11.9. The molecule has 2 amide bonds. The number of amides is 2. The molecule has 0 unspecified atom stereocenters. The van der Waals surface area contributed by atoms with Crippen LogP contribution in [0, 0.1) is 18.8 Å². The minimum Gasteiger partial charge on any atom is -0.324 e. The Morgan fingerprint density at radius 2 is 1.75 bits per heavy atom. The Morgan fingerprint density at radius 1 is 1.20 bits per heavy atom. The zero-order chi connectivity index (χ0) is 15.3. The van der Waals surface area contributed by atoms with Gasteiger partial charge < -0.3 is 10.2 Å². The Hall–Kier alpha value is -1.22. The van der Waals surface area contributed by atoms with Crippen LogP contribution in [0.15, 0.2) is 18.2 Å². The molecule has 0 aromatic heterocycles. The summed E-state index contributed by atoms with van der Waals surface area (Å²) in [7, 11) is 0. The monoisotopic (exact) mass is 296 g/mol. The SMILES string of the molecule is Cc1ccc(NC(=O)N(CC(C)C)CC(C)C)cc1Cl. The molecule has 0 saturated carbocycles. The number of aryl methyl sites for hydroxylation is 1. The van der Waals surface area contributed by atoms with Crippen molar-refractivity contribution in [2.75, 3.05) is 18.4 Å². The summed E-state index contributed by atoms with van der Waals surface area (Å²) < 4.78 is 0. The number of hydrogen-bond acceptors (Lipinski definition) is 1. The van der Waals surface area contributed by atoms with E-state index in [1.165, 1.54) is 0 Å². The molecule has 0 fully saturated rings. The number of hydrogen-bond donors (Lipinski definition) is 1. The van der Waals surface area contributed by atoms with Crippen molar-refractivity contribution in [2.24, 2.45) is 11.8 Å². The molecule has 0 radical (unpaired) electrons. The first-order valence-corrected chi connectivity index (χ1v) is 7.49. The van der Waals surface area contributed by atoms with Gasteiger partial charge in [-0.15, -0.1) is 0 Å². The van der Waals surface area contributed by atoms with Gasteiger partial charge in [-0.05, 0) is 36.5 Å². The van der Waals surface area contributed by atoms with Gasteiger partial charge in [0.1, 0.15) is 0 Å². The Kier molecular flexibility index (Phi) is 6.34. The van der Waals surface area contributed by atoms with Gasteiger partial charge in [0.25, 0.3) is 0 Å². The van der Waals surface area contributed by atoms with Crippen molar-refractivity contribution in [3.63, 3.8) is 0 Å². The summed E-state index contributed by atoms with van der Waals surface area (Å²) in [6.07, 6.45) is 0. The molecule has 0 aliphatic rings. The van der Waals surface area contributed by atoms with Crippen molar-refractivity contribution in [1.82, 2.24) is 4.90 Å². The van der Waals surface area contributed by atoms with E-state index in [4.69, 9.17) is 11.6 Å². The summed E-state index contributed by atoms with van der Waals surface area (Å²) in [6, 6.07) is 5.51. The van der Waals surface area contributed by atoms with Gasteiger partial charge in [0.15, 0.2) is 0 Å². The topological polar surface area (TPSA) is 32.3 Å². The first-order valence-electron chi connectivity index (χ1n) is 7.11. The molecular formula is C16H25ClN2O. The van der Waals surface area contributed by atoms with Gasteiger partial charge in [-0.2, -0.15) is 0 Å². The van der Waals surface area contributed by atoms with Gasteiger partial charge in [0.2, 0.25) is 0 Å². The average molecular weight is 297 g/mol. The van der Waals surface area contributed by atoms with Crippen LogP contribution in [0.2, 0.25) is 5.02 Å². The fourth-order valence-corrected chi connectivity index (χ4v) is 2.18. The van der Waals surface area contributed by atoms with E-state index in [-0.39, 0.29) is 6.03 Å².